The Morgan fingerprint density at radius 1 is 0.750 bits per heavy atom. The van der Waals surface area contributed by atoms with Gasteiger partial charge in [-0.15, -0.1) is 0 Å². The van der Waals surface area contributed by atoms with Gasteiger partial charge in [0, 0.05) is 21.5 Å². The molecule has 0 aliphatic heterocycles. The number of halogens is 1. The van der Waals surface area contributed by atoms with Crippen LogP contribution in [0.5, 0.6) is 0 Å². The number of hydrogen-bond donors (Lipinski definition) is 0. The molecule has 0 fully saturated rings. The minimum Gasteiger partial charge on any atom is -0.291 e. The zero-order valence-electron chi connectivity index (χ0n) is 12.5. The number of hydrogen-bond acceptors (Lipinski definition) is 2. The van der Waals surface area contributed by atoms with E-state index in [0.717, 1.165) is 32.8 Å². The summed E-state index contributed by atoms with van der Waals surface area (Å²) in [6.45, 7) is 0. The molecule has 4 heteroatoms. The lowest BCUT2D eigenvalue weighted by molar-refractivity contribution is 0.589. The molecular weight excluding hydrogens is 301 g/mol. The van der Waals surface area contributed by atoms with Crippen LogP contribution in [0.2, 0.25) is 0 Å². The van der Waals surface area contributed by atoms with Crippen molar-refractivity contribution in [2.24, 2.45) is 0 Å². The maximum Gasteiger partial charge on any atom is 0.213 e. The molecule has 0 radical (unpaired) electrons. The van der Waals surface area contributed by atoms with Gasteiger partial charge in [0.2, 0.25) is 5.95 Å². The molecule has 0 aliphatic carbocycles. The number of fused-ring (bicyclic) bond motifs is 6. The lowest BCUT2D eigenvalue weighted by Gasteiger charge is -2.14. The molecule has 6 rings (SSSR count). The van der Waals surface area contributed by atoms with E-state index in [4.69, 9.17) is 0 Å². The van der Waals surface area contributed by atoms with E-state index < -0.39 is 5.95 Å². The Labute approximate surface area is 135 Å². The fourth-order valence-electron chi connectivity index (χ4n) is 3.91. The normalized spacial score (nSPS) is 12.4. The number of para-hydroxylation sites is 1. The number of rotatable bonds is 0. The van der Waals surface area contributed by atoms with E-state index in [-0.39, 0.29) is 0 Å². The molecule has 24 heavy (non-hydrogen) atoms. The van der Waals surface area contributed by atoms with Gasteiger partial charge in [0.15, 0.2) is 0 Å². The standard InChI is InChI=1S/C20H10FN3/c21-17-9-8-15-18(23-17)14-7-3-6-13-11-4-1-2-5-12(11)16-10-22-20(15)24(16)19(13)14/h1-10H. The first-order chi connectivity index (χ1) is 11.8. The highest BCUT2D eigenvalue weighted by atomic mass is 19.1. The van der Waals surface area contributed by atoms with Gasteiger partial charge in [0.05, 0.1) is 22.7 Å². The van der Waals surface area contributed by atoms with Gasteiger partial charge in [-0.1, -0.05) is 42.5 Å². The fraction of sp³-hybridized carbons (Fsp3) is 0. The summed E-state index contributed by atoms with van der Waals surface area (Å²) in [4.78, 5) is 8.79. The predicted octanol–water partition coefficient (Wildman–Crippen LogP) is 4.92. The number of imidazole rings is 1. The van der Waals surface area contributed by atoms with Crippen molar-refractivity contribution in [3.63, 3.8) is 0 Å². The van der Waals surface area contributed by atoms with Gasteiger partial charge < -0.3 is 0 Å². The SMILES string of the molecule is Fc1ccc2c(n1)c1cccc3c4ccccc4c4cnc2n4c31. The van der Waals surface area contributed by atoms with Crippen molar-refractivity contribution < 1.29 is 4.39 Å². The van der Waals surface area contributed by atoms with E-state index in [2.05, 4.69) is 32.6 Å². The van der Waals surface area contributed by atoms with Crippen LogP contribution in [-0.2, 0) is 0 Å². The highest BCUT2D eigenvalue weighted by Crippen LogP contribution is 2.37. The molecule has 4 aromatic heterocycles. The molecule has 112 valence electrons. The van der Waals surface area contributed by atoms with Gasteiger partial charge in [-0.25, -0.2) is 9.97 Å². The topological polar surface area (TPSA) is 30.2 Å². The minimum atomic E-state index is -0.470. The van der Waals surface area contributed by atoms with Gasteiger partial charge in [0.1, 0.15) is 5.65 Å². The number of aromatic nitrogens is 3. The van der Waals surface area contributed by atoms with E-state index in [0.29, 0.717) is 5.52 Å². The van der Waals surface area contributed by atoms with Gasteiger partial charge in [-0.2, -0.15) is 4.39 Å². The molecule has 0 spiro atoms. The van der Waals surface area contributed by atoms with Crippen molar-refractivity contribution in [1.29, 1.82) is 0 Å². The third-order valence-corrected chi connectivity index (χ3v) is 4.87. The lowest BCUT2D eigenvalue weighted by atomic mass is 10.0. The highest BCUT2D eigenvalue weighted by molar-refractivity contribution is 6.23. The first kappa shape index (κ1) is 12.2. The van der Waals surface area contributed by atoms with Crippen LogP contribution in [0.3, 0.4) is 0 Å². The van der Waals surface area contributed by atoms with E-state index in [1.54, 1.807) is 6.07 Å². The molecule has 0 unspecified atom stereocenters. The Balaban J connectivity index is 2.11. The summed E-state index contributed by atoms with van der Waals surface area (Å²) in [6, 6.07) is 17.6. The first-order valence-electron chi connectivity index (χ1n) is 7.81. The Bertz CT molecular complexity index is 1410. The molecule has 0 amide bonds. The van der Waals surface area contributed by atoms with E-state index in [1.807, 2.05) is 30.5 Å². The van der Waals surface area contributed by atoms with Crippen LogP contribution >= 0.6 is 0 Å². The monoisotopic (exact) mass is 311 g/mol. The Morgan fingerprint density at radius 3 is 2.46 bits per heavy atom. The van der Waals surface area contributed by atoms with Crippen LogP contribution in [0.15, 0.2) is 60.8 Å². The minimum absolute atomic E-state index is 0.470. The van der Waals surface area contributed by atoms with Crippen LogP contribution < -0.4 is 0 Å². The second kappa shape index (κ2) is 3.97. The Kier molecular flexibility index (Phi) is 2.02. The van der Waals surface area contributed by atoms with Gasteiger partial charge >= 0.3 is 0 Å². The summed E-state index contributed by atoms with van der Waals surface area (Å²) < 4.78 is 16.0. The maximum atomic E-state index is 13.8. The molecule has 0 N–H and O–H groups in total. The Morgan fingerprint density at radius 2 is 1.54 bits per heavy atom. The number of benzene rings is 2. The van der Waals surface area contributed by atoms with E-state index in [9.17, 15) is 4.39 Å². The molecular formula is C20H10FN3. The maximum absolute atomic E-state index is 13.8. The lowest BCUT2D eigenvalue weighted by Crippen LogP contribution is -1.97. The third-order valence-electron chi connectivity index (χ3n) is 4.87. The van der Waals surface area contributed by atoms with Crippen LogP contribution in [0.25, 0.3) is 49.1 Å². The molecule has 6 aromatic rings. The molecule has 0 saturated heterocycles. The predicted molar refractivity (Wildman–Crippen MR) is 94.2 cm³/mol. The number of nitrogens with zero attached hydrogens (tertiary/aromatic N) is 3. The molecule has 4 heterocycles. The first-order valence-corrected chi connectivity index (χ1v) is 7.81. The van der Waals surface area contributed by atoms with Gasteiger partial charge in [-0.3, -0.25) is 4.40 Å². The molecule has 0 bridgehead atoms. The van der Waals surface area contributed by atoms with Crippen molar-refractivity contribution in [1.82, 2.24) is 14.4 Å². The smallest absolute Gasteiger partial charge is 0.213 e. The average molecular weight is 311 g/mol. The zero-order valence-corrected chi connectivity index (χ0v) is 12.5. The molecule has 2 aromatic carbocycles. The van der Waals surface area contributed by atoms with Crippen LogP contribution in [-0.4, -0.2) is 14.4 Å². The van der Waals surface area contributed by atoms with Crippen molar-refractivity contribution >= 4 is 49.1 Å². The van der Waals surface area contributed by atoms with Crippen LogP contribution in [0, 0.1) is 5.95 Å². The fourth-order valence-corrected chi connectivity index (χ4v) is 3.91. The largest absolute Gasteiger partial charge is 0.291 e. The molecule has 0 aliphatic rings. The molecule has 0 atom stereocenters. The second-order valence-electron chi connectivity index (χ2n) is 6.08. The summed E-state index contributed by atoms with van der Waals surface area (Å²) in [6.07, 6.45) is 1.90. The number of pyridine rings is 3. The summed E-state index contributed by atoms with van der Waals surface area (Å²) >= 11 is 0. The molecule has 0 saturated carbocycles. The van der Waals surface area contributed by atoms with Crippen LogP contribution in [0.4, 0.5) is 4.39 Å². The molecule has 3 nitrogen and oxygen atoms in total. The van der Waals surface area contributed by atoms with E-state index in [1.165, 1.54) is 16.8 Å². The summed E-state index contributed by atoms with van der Waals surface area (Å²) in [5.41, 5.74) is 3.60. The second-order valence-corrected chi connectivity index (χ2v) is 6.08. The van der Waals surface area contributed by atoms with Crippen molar-refractivity contribution in [3.05, 3.63) is 66.7 Å². The van der Waals surface area contributed by atoms with Crippen molar-refractivity contribution in [2.75, 3.05) is 0 Å². The Hall–Kier alpha value is -3.27. The van der Waals surface area contributed by atoms with Crippen molar-refractivity contribution in [2.45, 2.75) is 0 Å². The average Bonchev–Trinajstić information content (AvgIpc) is 3.07. The third kappa shape index (κ3) is 1.28. The van der Waals surface area contributed by atoms with Crippen LogP contribution in [0.1, 0.15) is 0 Å². The summed E-state index contributed by atoms with van der Waals surface area (Å²) in [5, 5.41) is 5.29. The van der Waals surface area contributed by atoms with E-state index >= 15 is 0 Å². The van der Waals surface area contributed by atoms with Gasteiger partial charge in [-0.05, 0) is 17.5 Å². The quantitative estimate of drug-likeness (QED) is 0.226. The van der Waals surface area contributed by atoms with Gasteiger partial charge in [0.25, 0.3) is 0 Å². The summed E-state index contributed by atoms with van der Waals surface area (Å²) in [5.74, 6) is -0.470. The highest BCUT2D eigenvalue weighted by Gasteiger charge is 2.18. The summed E-state index contributed by atoms with van der Waals surface area (Å²) in [7, 11) is 0. The van der Waals surface area contributed by atoms with Crippen molar-refractivity contribution in [3.8, 4) is 0 Å². The zero-order chi connectivity index (χ0) is 15.8.